The molecule has 0 saturated heterocycles. The van der Waals surface area contributed by atoms with Gasteiger partial charge in [0.25, 0.3) is 0 Å². The van der Waals surface area contributed by atoms with E-state index in [0.29, 0.717) is 0 Å². The van der Waals surface area contributed by atoms with Crippen molar-refractivity contribution in [1.29, 1.82) is 0 Å². The summed E-state index contributed by atoms with van der Waals surface area (Å²) in [6.07, 6.45) is 7.88. The highest BCUT2D eigenvalue weighted by Gasteiger charge is 2.07. The van der Waals surface area contributed by atoms with Crippen LogP contribution in [0.25, 0.3) is 33.4 Å². The summed E-state index contributed by atoms with van der Waals surface area (Å²) in [5, 5.41) is 3.51. The molecule has 0 spiro atoms. The average molecular weight is 520 g/mol. The van der Waals surface area contributed by atoms with Gasteiger partial charge in [-0.2, -0.15) is 0 Å². The molecular weight excluding hydrogens is 482 g/mol. The predicted molar refractivity (Wildman–Crippen MR) is 175 cm³/mol. The van der Waals surface area contributed by atoms with Crippen molar-refractivity contribution in [3.63, 3.8) is 0 Å². The third kappa shape index (κ3) is 6.87. The molecule has 0 bridgehead atoms. The van der Waals surface area contributed by atoms with Crippen LogP contribution in [0.2, 0.25) is 0 Å². The Bertz CT molecular complexity index is 1560. The number of nitrogens with one attached hydrogen (secondary N) is 1. The second-order valence-electron chi connectivity index (χ2n) is 10.1. The smallest absolute Gasteiger partial charge is 0.0390 e. The predicted octanol–water partition coefficient (Wildman–Crippen LogP) is 11.4. The molecule has 5 aromatic carbocycles. The molecular formula is C39H37N. The van der Waals surface area contributed by atoms with Crippen LogP contribution in [0.3, 0.4) is 0 Å². The van der Waals surface area contributed by atoms with E-state index in [1.54, 1.807) is 0 Å². The lowest BCUT2D eigenvalue weighted by Gasteiger charge is -2.12. The van der Waals surface area contributed by atoms with Crippen LogP contribution >= 0.6 is 0 Å². The fourth-order valence-electron chi connectivity index (χ4n) is 5.06. The minimum Gasteiger partial charge on any atom is -0.356 e. The van der Waals surface area contributed by atoms with Crippen LogP contribution in [0, 0.1) is 0 Å². The van der Waals surface area contributed by atoms with E-state index in [-0.39, 0.29) is 0 Å². The average Bonchev–Trinajstić information content (AvgIpc) is 3.02. The fraction of sp³-hybridized carbons (Fsp3) is 0.128. The van der Waals surface area contributed by atoms with E-state index in [1.807, 2.05) is 18.2 Å². The molecule has 0 aromatic heterocycles. The van der Waals surface area contributed by atoms with Crippen LogP contribution in [-0.2, 0) is 0 Å². The Morgan fingerprint density at radius 1 is 0.550 bits per heavy atom. The standard InChI is InChI=1S/C39H37N/c1-3-12-35(32-22-20-31(21-23-32)30-14-7-5-8-15-30)28-36(13-4-2)33-24-26-34(27-25-33)37-16-11-19-39(29-37)40-38-17-9-6-10-18-38/h5-12,14-29,40H,3-4,13H2,1-2H3/b35-12-,36-28+. The summed E-state index contributed by atoms with van der Waals surface area (Å²) >= 11 is 0. The Morgan fingerprint density at radius 2 is 1.10 bits per heavy atom. The van der Waals surface area contributed by atoms with Crippen LogP contribution in [0.5, 0.6) is 0 Å². The molecule has 0 radical (unpaired) electrons. The number of anilines is 2. The van der Waals surface area contributed by atoms with Gasteiger partial charge in [0, 0.05) is 11.4 Å². The Morgan fingerprint density at radius 3 is 1.75 bits per heavy atom. The molecule has 0 fully saturated rings. The maximum absolute atomic E-state index is 3.51. The quantitative estimate of drug-likeness (QED) is 0.181. The van der Waals surface area contributed by atoms with Gasteiger partial charge in [-0.1, -0.05) is 142 Å². The van der Waals surface area contributed by atoms with Gasteiger partial charge in [-0.15, -0.1) is 0 Å². The molecule has 0 atom stereocenters. The van der Waals surface area contributed by atoms with E-state index in [4.69, 9.17) is 0 Å². The minimum atomic E-state index is 0.998. The van der Waals surface area contributed by atoms with Gasteiger partial charge >= 0.3 is 0 Å². The van der Waals surface area contributed by atoms with Crippen LogP contribution in [0.1, 0.15) is 44.2 Å². The van der Waals surface area contributed by atoms with Gasteiger partial charge in [0.15, 0.2) is 0 Å². The highest BCUT2D eigenvalue weighted by molar-refractivity contribution is 5.85. The molecule has 1 N–H and O–H groups in total. The topological polar surface area (TPSA) is 12.0 Å². The molecule has 5 aromatic rings. The third-order valence-corrected chi connectivity index (χ3v) is 7.11. The Kier molecular flexibility index (Phi) is 9.06. The van der Waals surface area contributed by atoms with Crippen molar-refractivity contribution in [2.75, 3.05) is 5.32 Å². The first-order valence-electron chi connectivity index (χ1n) is 14.3. The van der Waals surface area contributed by atoms with E-state index in [0.717, 1.165) is 30.6 Å². The number of rotatable bonds is 10. The number of allylic oxidation sites excluding steroid dienone is 4. The number of hydrogen-bond donors (Lipinski definition) is 1. The van der Waals surface area contributed by atoms with Crippen LogP contribution < -0.4 is 5.32 Å². The first-order chi connectivity index (χ1) is 19.7. The van der Waals surface area contributed by atoms with Gasteiger partial charge in [-0.25, -0.2) is 0 Å². The fourth-order valence-corrected chi connectivity index (χ4v) is 5.06. The summed E-state index contributed by atoms with van der Waals surface area (Å²) in [4.78, 5) is 0. The van der Waals surface area contributed by atoms with E-state index in [9.17, 15) is 0 Å². The molecule has 1 heteroatoms. The molecule has 1 nitrogen and oxygen atoms in total. The maximum Gasteiger partial charge on any atom is 0.0390 e. The zero-order chi connectivity index (χ0) is 27.6. The largest absolute Gasteiger partial charge is 0.356 e. The van der Waals surface area contributed by atoms with Crippen LogP contribution in [0.15, 0.2) is 146 Å². The maximum atomic E-state index is 3.51. The van der Waals surface area contributed by atoms with Crippen molar-refractivity contribution < 1.29 is 0 Å². The molecule has 0 aliphatic heterocycles. The Hall–Kier alpha value is -4.62. The van der Waals surface area contributed by atoms with Gasteiger partial charge in [0.1, 0.15) is 0 Å². The summed E-state index contributed by atoms with van der Waals surface area (Å²) in [5.74, 6) is 0. The van der Waals surface area contributed by atoms with Crippen LogP contribution in [-0.4, -0.2) is 0 Å². The van der Waals surface area contributed by atoms with Crippen molar-refractivity contribution in [3.8, 4) is 22.3 Å². The summed E-state index contributed by atoms with van der Waals surface area (Å²) in [6, 6.07) is 47.5. The summed E-state index contributed by atoms with van der Waals surface area (Å²) < 4.78 is 0. The SMILES string of the molecule is CC/C=C(/C=C(\CCC)c1ccc(-c2cccc(Nc3ccccc3)c2)cc1)c1ccc(-c2ccccc2)cc1. The monoisotopic (exact) mass is 519 g/mol. The zero-order valence-corrected chi connectivity index (χ0v) is 23.5. The second-order valence-corrected chi connectivity index (χ2v) is 10.1. The molecule has 0 saturated carbocycles. The summed E-state index contributed by atoms with van der Waals surface area (Å²) in [5.41, 5.74) is 12.3. The zero-order valence-electron chi connectivity index (χ0n) is 23.5. The first-order valence-corrected chi connectivity index (χ1v) is 14.3. The molecule has 198 valence electrons. The highest BCUT2D eigenvalue weighted by Crippen LogP contribution is 2.31. The van der Waals surface area contributed by atoms with Gasteiger partial charge in [-0.3, -0.25) is 0 Å². The van der Waals surface area contributed by atoms with Gasteiger partial charge < -0.3 is 5.32 Å². The molecule has 0 aliphatic carbocycles. The molecule has 0 amide bonds. The Labute approximate surface area is 239 Å². The number of benzene rings is 5. The number of hydrogen-bond acceptors (Lipinski definition) is 1. The van der Waals surface area contributed by atoms with Crippen molar-refractivity contribution >= 4 is 22.5 Å². The minimum absolute atomic E-state index is 0.998. The van der Waals surface area contributed by atoms with E-state index >= 15 is 0 Å². The lowest BCUT2D eigenvalue weighted by Crippen LogP contribution is -1.91. The summed E-state index contributed by atoms with van der Waals surface area (Å²) in [6.45, 7) is 4.46. The Balaban J connectivity index is 1.39. The molecule has 40 heavy (non-hydrogen) atoms. The van der Waals surface area contributed by atoms with Crippen LogP contribution in [0.4, 0.5) is 11.4 Å². The van der Waals surface area contributed by atoms with E-state index < -0.39 is 0 Å². The van der Waals surface area contributed by atoms with E-state index in [1.165, 1.54) is 44.5 Å². The molecule has 0 unspecified atom stereocenters. The summed E-state index contributed by atoms with van der Waals surface area (Å²) in [7, 11) is 0. The van der Waals surface area contributed by atoms with Crippen molar-refractivity contribution in [2.24, 2.45) is 0 Å². The second kappa shape index (κ2) is 13.4. The first kappa shape index (κ1) is 27.0. The van der Waals surface area contributed by atoms with E-state index in [2.05, 4.69) is 147 Å². The normalized spacial score (nSPS) is 11.8. The lowest BCUT2D eigenvalue weighted by molar-refractivity contribution is 0.973. The highest BCUT2D eigenvalue weighted by atomic mass is 14.9. The lowest BCUT2D eigenvalue weighted by atomic mass is 9.93. The molecule has 5 rings (SSSR count). The van der Waals surface area contributed by atoms with Gasteiger partial charge in [0.2, 0.25) is 0 Å². The third-order valence-electron chi connectivity index (χ3n) is 7.11. The van der Waals surface area contributed by atoms with Gasteiger partial charge in [0.05, 0.1) is 0 Å². The van der Waals surface area contributed by atoms with Gasteiger partial charge in [-0.05, 0) is 81.6 Å². The number of para-hydroxylation sites is 1. The molecule has 0 aliphatic rings. The van der Waals surface area contributed by atoms with Crippen molar-refractivity contribution in [1.82, 2.24) is 0 Å². The molecule has 0 heterocycles. The van der Waals surface area contributed by atoms with Crippen molar-refractivity contribution in [2.45, 2.75) is 33.1 Å². The van der Waals surface area contributed by atoms with Crippen molar-refractivity contribution in [3.05, 3.63) is 157 Å².